The van der Waals surface area contributed by atoms with Gasteiger partial charge in [-0.15, -0.1) is 0 Å². The van der Waals surface area contributed by atoms with Gasteiger partial charge in [-0.05, 0) is 68.3 Å². The van der Waals surface area contributed by atoms with E-state index < -0.39 is 5.97 Å². The number of hydrogen-bond acceptors (Lipinski definition) is 2. The maximum absolute atomic E-state index is 13.2. The van der Waals surface area contributed by atoms with Crippen molar-refractivity contribution in [2.75, 3.05) is 0 Å². The van der Waals surface area contributed by atoms with Crippen LogP contribution in [-0.4, -0.2) is 20.9 Å². The number of hydrogen-bond donors (Lipinski definition) is 1. The smallest absolute Gasteiger partial charge is 0.339 e. The molecule has 2 aromatic carbocycles. The van der Waals surface area contributed by atoms with Crippen molar-refractivity contribution in [2.24, 2.45) is 0 Å². The van der Waals surface area contributed by atoms with Gasteiger partial charge in [0.2, 0.25) is 0 Å². The third-order valence-electron chi connectivity index (χ3n) is 4.13. The highest BCUT2D eigenvalue weighted by molar-refractivity contribution is 5.96. The van der Waals surface area contributed by atoms with E-state index in [1.54, 1.807) is 23.7 Å². The number of rotatable bonds is 3. The van der Waals surface area contributed by atoms with E-state index in [1.807, 2.05) is 32.0 Å². The second-order valence-electron chi connectivity index (χ2n) is 5.80. The zero-order valence-electron chi connectivity index (χ0n) is 13.7. The van der Waals surface area contributed by atoms with E-state index >= 15 is 0 Å². The molecule has 122 valence electrons. The third-order valence-corrected chi connectivity index (χ3v) is 4.13. The van der Waals surface area contributed by atoms with Gasteiger partial charge >= 0.3 is 5.97 Å². The maximum atomic E-state index is 13.2. The lowest BCUT2D eigenvalue weighted by Gasteiger charge is -2.11. The Morgan fingerprint density at radius 3 is 2.29 bits per heavy atom. The van der Waals surface area contributed by atoms with Gasteiger partial charge in [0.1, 0.15) is 11.4 Å². The molecule has 1 heterocycles. The lowest BCUT2D eigenvalue weighted by molar-refractivity contribution is 0.0697. The van der Waals surface area contributed by atoms with E-state index in [4.69, 9.17) is 0 Å². The molecule has 24 heavy (non-hydrogen) atoms. The fraction of sp³-hybridized carbons (Fsp3) is 0.158. The van der Waals surface area contributed by atoms with Crippen LogP contribution in [0.5, 0.6) is 0 Å². The molecule has 0 saturated carbocycles. The Labute approximate surface area is 139 Å². The molecular weight excluding hydrogens is 307 g/mol. The van der Waals surface area contributed by atoms with Crippen LogP contribution < -0.4 is 0 Å². The summed E-state index contributed by atoms with van der Waals surface area (Å²) in [6.45, 7) is 5.66. The van der Waals surface area contributed by atoms with E-state index in [1.165, 1.54) is 12.1 Å². The second kappa shape index (κ2) is 5.92. The highest BCUT2D eigenvalue weighted by atomic mass is 19.1. The molecule has 3 rings (SSSR count). The molecule has 3 aromatic rings. The summed E-state index contributed by atoms with van der Waals surface area (Å²) in [5.74, 6) is -1.42. The van der Waals surface area contributed by atoms with Crippen molar-refractivity contribution in [3.8, 4) is 16.9 Å². The van der Waals surface area contributed by atoms with Crippen LogP contribution in [0.3, 0.4) is 0 Å². The van der Waals surface area contributed by atoms with E-state index in [0.29, 0.717) is 17.0 Å². The zero-order chi connectivity index (χ0) is 17.4. The summed E-state index contributed by atoms with van der Waals surface area (Å²) in [4.78, 5) is 11.7. The molecule has 5 heteroatoms. The average Bonchev–Trinajstić information content (AvgIpc) is 2.88. The van der Waals surface area contributed by atoms with Gasteiger partial charge < -0.3 is 5.11 Å². The third kappa shape index (κ3) is 2.69. The van der Waals surface area contributed by atoms with Crippen LogP contribution in [0.25, 0.3) is 16.9 Å². The number of carboxylic acid groups (broad SMARTS) is 1. The fourth-order valence-corrected chi connectivity index (χ4v) is 2.70. The lowest BCUT2D eigenvalue weighted by Crippen LogP contribution is -2.03. The van der Waals surface area contributed by atoms with Crippen molar-refractivity contribution in [3.05, 3.63) is 70.7 Å². The van der Waals surface area contributed by atoms with Gasteiger partial charge in [0.15, 0.2) is 0 Å². The first kappa shape index (κ1) is 15.9. The van der Waals surface area contributed by atoms with Crippen molar-refractivity contribution < 1.29 is 14.3 Å². The van der Waals surface area contributed by atoms with E-state index in [0.717, 1.165) is 16.8 Å². The molecule has 0 bridgehead atoms. The van der Waals surface area contributed by atoms with Crippen LogP contribution in [0.15, 0.2) is 42.5 Å². The van der Waals surface area contributed by atoms with Crippen LogP contribution in [0.1, 0.15) is 27.2 Å². The Kier molecular flexibility index (Phi) is 3.93. The number of carboxylic acids is 1. The quantitative estimate of drug-likeness (QED) is 0.781. The minimum atomic E-state index is -1.05. The van der Waals surface area contributed by atoms with E-state index in [-0.39, 0.29) is 11.4 Å². The van der Waals surface area contributed by atoms with Gasteiger partial charge in [-0.1, -0.05) is 6.07 Å². The van der Waals surface area contributed by atoms with E-state index in [2.05, 4.69) is 5.10 Å². The first-order chi connectivity index (χ1) is 11.4. The monoisotopic (exact) mass is 324 g/mol. The molecule has 0 fully saturated rings. The highest BCUT2D eigenvalue weighted by Crippen LogP contribution is 2.30. The summed E-state index contributed by atoms with van der Waals surface area (Å²) >= 11 is 0. The first-order valence-corrected chi connectivity index (χ1v) is 7.55. The normalized spacial score (nSPS) is 10.8. The molecule has 0 saturated heterocycles. The highest BCUT2D eigenvalue weighted by Gasteiger charge is 2.23. The number of aryl methyl sites for hydroxylation is 3. The first-order valence-electron chi connectivity index (χ1n) is 7.55. The Morgan fingerprint density at radius 1 is 1.04 bits per heavy atom. The molecule has 0 aliphatic heterocycles. The van der Waals surface area contributed by atoms with E-state index in [9.17, 15) is 14.3 Å². The van der Waals surface area contributed by atoms with Crippen LogP contribution in [-0.2, 0) is 0 Å². The van der Waals surface area contributed by atoms with Crippen molar-refractivity contribution in [2.45, 2.75) is 20.8 Å². The molecule has 0 amide bonds. The number of aromatic carboxylic acids is 1. The summed E-state index contributed by atoms with van der Waals surface area (Å²) in [5.41, 5.74) is 4.59. The largest absolute Gasteiger partial charge is 0.478 e. The molecular formula is C19H17FN2O2. The minimum Gasteiger partial charge on any atom is -0.478 e. The standard InChI is InChI=1S/C19H17FN2O2/c1-11-4-9-16(10-12(11)2)22-18(14-5-7-15(20)8-6-14)17(19(23)24)13(3)21-22/h4-10H,1-3H3,(H,23,24). The van der Waals surface area contributed by atoms with Gasteiger partial charge in [0.05, 0.1) is 17.1 Å². The summed E-state index contributed by atoms with van der Waals surface area (Å²) in [5, 5.41) is 14.0. The molecule has 1 aromatic heterocycles. The SMILES string of the molecule is Cc1ccc(-n2nc(C)c(C(=O)O)c2-c2ccc(F)cc2)cc1C. The Morgan fingerprint density at radius 2 is 1.71 bits per heavy atom. The molecule has 0 atom stereocenters. The number of benzene rings is 2. The van der Waals surface area contributed by atoms with Gasteiger partial charge in [0.25, 0.3) is 0 Å². The van der Waals surface area contributed by atoms with Crippen molar-refractivity contribution in [1.29, 1.82) is 0 Å². The summed E-state index contributed by atoms with van der Waals surface area (Å²) in [6, 6.07) is 11.6. The van der Waals surface area contributed by atoms with Gasteiger partial charge in [-0.3, -0.25) is 0 Å². The topological polar surface area (TPSA) is 55.1 Å². The molecule has 0 aliphatic carbocycles. The predicted molar refractivity (Wildman–Crippen MR) is 90.1 cm³/mol. The Balaban J connectivity index is 2.30. The lowest BCUT2D eigenvalue weighted by atomic mass is 10.0. The minimum absolute atomic E-state index is 0.125. The predicted octanol–water partition coefficient (Wildman–Crippen LogP) is 4.30. The molecule has 0 aliphatic rings. The van der Waals surface area contributed by atoms with Crippen molar-refractivity contribution in [3.63, 3.8) is 0 Å². The molecule has 1 N–H and O–H groups in total. The molecule has 0 radical (unpaired) electrons. The molecule has 0 unspecified atom stereocenters. The number of halogens is 1. The average molecular weight is 324 g/mol. The summed E-state index contributed by atoms with van der Waals surface area (Å²) in [7, 11) is 0. The maximum Gasteiger partial charge on any atom is 0.339 e. The fourth-order valence-electron chi connectivity index (χ4n) is 2.70. The van der Waals surface area contributed by atoms with Crippen LogP contribution >= 0.6 is 0 Å². The Bertz CT molecular complexity index is 927. The number of aromatic nitrogens is 2. The summed E-state index contributed by atoms with van der Waals surface area (Å²) in [6.07, 6.45) is 0. The zero-order valence-corrected chi connectivity index (χ0v) is 13.7. The van der Waals surface area contributed by atoms with Crippen LogP contribution in [0.4, 0.5) is 4.39 Å². The van der Waals surface area contributed by atoms with Crippen LogP contribution in [0, 0.1) is 26.6 Å². The summed E-state index contributed by atoms with van der Waals surface area (Å²) < 4.78 is 14.9. The number of nitrogens with zero attached hydrogens (tertiary/aromatic N) is 2. The van der Waals surface area contributed by atoms with Crippen molar-refractivity contribution in [1.82, 2.24) is 9.78 Å². The molecule has 4 nitrogen and oxygen atoms in total. The second-order valence-corrected chi connectivity index (χ2v) is 5.80. The van der Waals surface area contributed by atoms with Gasteiger partial charge in [0, 0.05) is 5.56 Å². The van der Waals surface area contributed by atoms with Crippen LogP contribution in [0.2, 0.25) is 0 Å². The van der Waals surface area contributed by atoms with Crippen molar-refractivity contribution >= 4 is 5.97 Å². The van der Waals surface area contributed by atoms with Gasteiger partial charge in [-0.25, -0.2) is 13.9 Å². The molecule has 0 spiro atoms. The van der Waals surface area contributed by atoms with Gasteiger partial charge in [-0.2, -0.15) is 5.10 Å². The Hall–Kier alpha value is -2.95. The number of carbonyl (C=O) groups is 1.